The average Bonchev–Trinajstić information content (AvgIpc) is 2.82. The fourth-order valence-electron chi connectivity index (χ4n) is 1.83. The molecule has 0 saturated heterocycles. The molecule has 3 nitrogen and oxygen atoms in total. The number of phenols is 1. The lowest BCUT2D eigenvalue weighted by Gasteiger charge is -2.04. The van der Waals surface area contributed by atoms with Gasteiger partial charge in [-0.1, -0.05) is 0 Å². The van der Waals surface area contributed by atoms with Crippen molar-refractivity contribution in [1.82, 2.24) is 4.98 Å². The highest BCUT2D eigenvalue weighted by Crippen LogP contribution is 2.37. The number of rotatable bonds is 2. The molecule has 0 aliphatic carbocycles. The number of nitrogens with zero attached hydrogens (tertiary/aromatic N) is 1. The molecule has 1 aromatic heterocycles. The van der Waals surface area contributed by atoms with E-state index in [1.165, 1.54) is 23.5 Å². The van der Waals surface area contributed by atoms with E-state index in [0.717, 1.165) is 4.70 Å². The van der Waals surface area contributed by atoms with Crippen LogP contribution in [0.1, 0.15) is 0 Å². The fraction of sp³-hybridized carbons (Fsp3) is 0.0714. The van der Waals surface area contributed by atoms with Gasteiger partial charge in [0, 0.05) is 6.07 Å². The highest BCUT2D eigenvalue weighted by atomic mass is 32.1. The van der Waals surface area contributed by atoms with Crippen molar-refractivity contribution in [3.63, 3.8) is 0 Å². The van der Waals surface area contributed by atoms with Gasteiger partial charge in [0.05, 0.1) is 22.9 Å². The van der Waals surface area contributed by atoms with Crippen molar-refractivity contribution in [2.24, 2.45) is 0 Å². The summed E-state index contributed by atoms with van der Waals surface area (Å²) in [5.74, 6) is 0.442. The van der Waals surface area contributed by atoms with E-state index in [0.29, 0.717) is 21.8 Å². The summed E-state index contributed by atoms with van der Waals surface area (Å²) < 4.78 is 19.1. The van der Waals surface area contributed by atoms with E-state index in [4.69, 9.17) is 4.74 Å². The smallest absolute Gasteiger partial charge is 0.128 e. The van der Waals surface area contributed by atoms with E-state index in [9.17, 15) is 9.50 Å². The first-order valence-electron chi connectivity index (χ1n) is 5.61. The Balaban J connectivity index is 2.18. The van der Waals surface area contributed by atoms with Gasteiger partial charge in [-0.25, -0.2) is 9.37 Å². The van der Waals surface area contributed by atoms with Crippen LogP contribution in [0.25, 0.3) is 20.8 Å². The quantitative estimate of drug-likeness (QED) is 0.773. The Hall–Kier alpha value is -2.14. The van der Waals surface area contributed by atoms with Crippen molar-refractivity contribution in [3.05, 3.63) is 42.2 Å². The van der Waals surface area contributed by atoms with Crippen molar-refractivity contribution >= 4 is 21.6 Å². The highest BCUT2D eigenvalue weighted by molar-refractivity contribution is 7.21. The molecule has 5 heteroatoms. The summed E-state index contributed by atoms with van der Waals surface area (Å²) in [6.07, 6.45) is 0. The molecule has 1 N–H and O–H groups in total. The van der Waals surface area contributed by atoms with E-state index in [1.807, 2.05) is 0 Å². The van der Waals surface area contributed by atoms with E-state index in [1.54, 1.807) is 31.4 Å². The number of fused-ring (bicyclic) bond motifs is 1. The van der Waals surface area contributed by atoms with Crippen LogP contribution in [0.5, 0.6) is 11.5 Å². The van der Waals surface area contributed by atoms with Gasteiger partial charge in [0.15, 0.2) is 0 Å². The minimum absolute atomic E-state index is 0.125. The number of phenolic OH excluding ortho intramolecular Hbond substituents is 1. The lowest BCUT2D eigenvalue weighted by atomic mass is 10.2. The van der Waals surface area contributed by atoms with Crippen LogP contribution in [-0.4, -0.2) is 17.2 Å². The Bertz CT molecular complexity index is 754. The van der Waals surface area contributed by atoms with Crippen LogP contribution in [0.2, 0.25) is 0 Å². The second-order valence-corrected chi connectivity index (χ2v) is 5.04. The van der Waals surface area contributed by atoms with Gasteiger partial charge in [0.1, 0.15) is 22.3 Å². The average molecular weight is 275 g/mol. The summed E-state index contributed by atoms with van der Waals surface area (Å²) in [6, 6.07) is 9.40. The van der Waals surface area contributed by atoms with Crippen LogP contribution in [0.4, 0.5) is 4.39 Å². The van der Waals surface area contributed by atoms with Crippen LogP contribution >= 0.6 is 11.3 Å². The van der Waals surface area contributed by atoms with E-state index in [-0.39, 0.29) is 11.6 Å². The van der Waals surface area contributed by atoms with Gasteiger partial charge in [0.25, 0.3) is 0 Å². The molecule has 1 heterocycles. The molecular weight excluding hydrogens is 265 g/mol. The summed E-state index contributed by atoms with van der Waals surface area (Å²) in [6.45, 7) is 0. The van der Waals surface area contributed by atoms with Crippen molar-refractivity contribution in [3.8, 4) is 22.1 Å². The number of benzene rings is 2. The van der Waals surface area contributed by atoms with Gasteiger partial charge >= 0.3 is 0 Å². The first kappa shape index (κ1) is 11.9. The van der Waals surface area contributed by atoms with Crippen molar-refractivity contribution in [1.29, 1.82) is 0 Å². The topological polar surface area (TPSA) is 42.4 Å². The molecule has 0 aliphatic rings. The predicted molar refractivity (Wildman–Crippen MR) is 73.2 cm³/mol. The van der Waals surface area contributed by atoms with Gasteiger partial charge < -0.3 is 9.84 Å². The first-order chi connectivity index (χ1) is 9.17. The number of aromatic hydroxyl groups is 1. The second-order valence-electron chi connectivity index (χ2n) is 4.01. The summed E-state index contributed by atoms with van der Waals surface area (Å²) >= 11 is 1.40. The molecule has 0 radical (unpaired) electrons. The molecule has 0 atom stereocenters. The van der Waals surface area contributed by atoms with Crippen LogP contribution in [0, 0.1) is 5.82 Å². The zero-order valence-corrected chi connectivity index (χ0v) is 10.9. The zero-order valence-electron chi connectivity index (χ0n) is 10.1. The number of hydrogen-bond donors (Lipinski definition) is 1. The lowest BCUT2D eigenvalue weighted by Crippen LogP contribution is -1.84. The van der Waals surface area contributed by atoms with Gasteiger partial charge in [-0.3, -0.25) is 0 Å². The molecule has 19 heavy (non-hydrogen) atoms. The van der Waals surface area contributed by atoms with E-state index in [2.05, 4.69) is 4.98 Å². The minimum Gasteiger partial charge on any atom is -0.507 e. The number of methoxy groups -OCH3 is 1. The Labute approximate surface area is 112 Å². The summed E-state index contributed by atoms with van der Waals surface area (Å²) in [5.41, 5.74) is 1.17. The molecule has 3 rings (SSSR count). The summed E-state index contributed by atoms with van der Waals surface area (Å²) in [4.78, 5) is 4.34. The molecule has 0 spiro atoms. The second kappa shape index (κ2) is 4.51. The van der Waals surface area contributed by atoms with Crippen LogP contribution in [0.3, 0.4) is 0 Å². The Morgan fingerprint density at radius 1 is 1.21 bits per heavy atom. The third-order valence-corrected chi connectivity index (χ3v) is 3.85. The van der Waals surface area contributed by atoms with Crippen LogP contribution < -0.4 is 4.74 Å². The number of hydrogen-bond acceptors (Lipinski definition) is 4. The maximum absolute atomic E-state index is 13.1. The van der Waals surface area contributed by atoms with E-state index >= 15 is 0 Å². The first-order valence-corrected chi connectivity index (χ1v) is 6.42. The maximum atomic E-state index is 13.1. The normalized spacial score (nSPS) is 10.8. The molecule has 96 valence electrons. The number of thiazole rings is 1. The standard InChI is InChI=1S/C14H10FNO2S/c1-18-9-3-4-12(17)10(7-9)14-16-11-6-8(15)2-5-13(11)19-14/h2-7,17H,1H3. The van der Waals surface area contributed by atoms with Crippen LogP contribution in [-0.2, 0) is 0 Å². The molecule has 0 bridgehead atoms. The third-order valence-electron chi connectivity index (χ3n) is 2.78. The predicted octanol–water partition coefficient (Wildman–Crippen LogP) is 3.82. The molecule has 0 amide bonds. The van der Waals surface area contributed by atoms with Gasteiger partial charge in [-0.05, 0) is 30.3 Å². The SMILES string of the molecule is COc1ccc(O)c(-c2nc3cc(F)ccc3s2)c1. The van der Waals surface area contributed by atoms with Gasteiger partial charge in [0.2, 0.25) is 0 Å². The Morgan fingerprint density at radius 2 is 2.05 bits per heavy atom. The largest absolute Gasteiger partial charge is 0.507 e. The number of halogens is 1. The monoisotopic (exact) mass is 275 g/mol. The number of aromatic nitrogens is 1. The fourth-order valence-corrected chi connectivity index (χ4v) is 2.80. The maximum Gasteiger partial charge on any atom is 0.128 e. The van der Waals surface area contributed by atoms with Crippen molar-refractivity contribution in [2.45, 2.75) is 0 Å². The minimum atomic E-state index is -0.320. The third kappa shape index (κ3) is 2.13. The Morgan fingerprint density at radius 3 is 2.84 bits per heavy atom. The van der Waals surface area contributed by atoms with Gasteiger partial charge in [-0.2, -0.15) is 0 Å². The van der Waals surface area contributed by atoms with E-state index < -0.39 is 0 Å². The van der Waals surface area contributed by atoms with Gasteiger partial charge in [-0.15, -0.1) is 11.3 Å². The molecule has 0 aliphatic heterocycles. The number of ether oxygens (including phenoxy) is 1. The highest BCUT2D eigenvalue weighted by Gasteiger charge is 2.12. The molecule has 3 aromatic rings. The summed E-state index contributed by atoms with van der Waals surface area (Å²) in [5, 5.41) is 10.5. The lowest BCUT2D eigenvalue weighted by molar-refractivity contribution is 0.412. The zero-order chi connectivity index (χ0) is 13.4. The molecule has 0 saturated carbocycles. The molecule has 2 aromatic carbocycles. The molecular formula is C14H10FNO2S. The molecule has 0 unspecified atom stereocenters. The van der Waals surface area contributed by atoms with Crippen LogP contribution in [0.15, 0.2) is 36.4 Å². The molecule has 0 fully saturated rings. The Kier molecular flexibility index (Phi) is 2.83. The van der Waals surface area contributed by atoms with Crippen molar-refractivity contribution < 1.29 is 14.2 Å². The van der Waals surface area contributed by atoms with Crippen molar-refractivity contribution in [2.75, 3.05) is 7.11 Å². The summed E-state index contributed by atoms with van der Waals surface area (Å²) in [7, 11) is 1.56.